The van der Waals surface area contributed by atoms with E-state index in [1.807, 2.05) is 0 Å². The summed E-state index contributed by atoms with van der Waals surface area (Å²) in [5.74, 6) is 0.617. The van der Waals surface area contributed by atoms with Crippen LogP contribution in [0.15, 0.2) is 24.3 Å². The normalized spacial score (nSPS) is 24.8. The van der Waals surface area contributed by atoms with Crippen LogP contribution in [0, 0.1) is 12.8 Å². The number of aryl methyl sites for hydroxylation is 1. The summed E-state index contributed by atoms with van der Waals surface area (Å²) in [5, 5.41) is 3.59. The number of hydrogen-bond donors (Lipinski definition) is 1. The fraction of sp³-hybridized carbons (Fsp3) is 0.600. The number of nitrogens with one attached hydrogen (secondary N) is 1. The highest BCUT2D eigenvalue weighted by atomic mass is 16.5. The first kappa shape index (κ1) is 12.6. The van der Waals surface area contributed by atoms with Crippen molar-refractivity contribution in [3.63, 3.8) is 0 Å². The van der Waals surface area contributed by atoms with Gasteiger partial charge in [0.1, 0.15) is 0 Å². The molecule has 1 N–H and O–H groups in total. The van der Waals surface area contributed by atoms with Crippen LogP contribution in [0.4, 0.5) is 0 Å². The second kappa shape index (κ2) is 6.18. The molecule has 0 unspecified atom stereocenters. The third-order valence-corrected chi connectivity index (χ3v) is 3.56. The lowest BCUT2D eigenvalue weighted by Gasteiger charge is -2.32. The highest BCUT2D eigenvalue weighted by Gasteiger charge is 2.24. The summed E-state index contributed by atoms with van der Waals surface area (Å²) in [6.45, 7) is 7.16. The number of rotatable bonds is 4. The summed E-state index contributed by atoms with van der Waals surface area (Å²) >= 11 is 0. The Morgan fingerprint density at radius 3 is 2.76 bits per heavy atom. The molecule has 17 heavy (non-hydrogen) atoms. The maximum absolute atomic E-state index is 5.61. The van der Waals surface area contributed by atoms with Crippen LogP contribution >= 0.6 is 0 Å². The Balaban J connectivity index is 1.97. The summed E-state index contributed by atoms with van der Waals surface area (Å²) in [5.41, 5.74) is 2.76. The Labute approximate surface area is 104 Å². The molecule has 1 aromatic rings. The first-order chi connectivity index (χ1) is 8.29. The van der Waals surface area contributed by atoms with E-state index < -0.39 is 0 Å². The molecule has 1 aliphatic heterocycles. The van der Waals surface area contributed by atoms with Gasteiger partial charge in [0.2, 0.25) is 0 Å². The van der Waals surface area contributed by atoms with E-state index in [2.05, 4.69) is 43.4 Å². The Bertz CT molecular complexity index is 331. The quantitative estimate of drug-likeness (QED) is 0.863. The summed E-state index contributed by atoms with van der Waals surface area (Å²) in [6.07, 6.45) is 2.27. The van der Waals surface area contributed by atoms with E-state index >= 15 is 0 Å². The maximum Gasteiger partial charge on any atom is 0.0512 e. The molecule has 0 amide bonds. The zero-order chi connectivity index (χ0) is 12.1. The van der Waals surface area contributed by atoms with Crippen molar-refractivity contribution in [2.45, 2.75) is 32.7 Å². The monoisotopic (exact) mass is 233 g/mol. The molecule has 0 bridgehead atoms. The topological polar surface area (TPSA) is 21.3 Å². The van der Waals surface area contributed by atoms with Gasteiger partial charge in [-0.25, -0.2) is 0 Å². The van der Waals surface area contributed by atoms with Crippen molar-refractivity contribution in [3.05, 3.63) is 35.4 Å². The first-order valence-corrected chi connectivity index (χ1v) is 6.66. The minimum Gasteiger partial charge on any atom is -0.381 e. The third-order valence-electron chi connectivity index (χ3n) is 3.56. The van der Waals surface area contributed by atoms with Gasteiger partial charge in [0.05, 0.1) is 6.61 Å². The van der Waals surface area contributed by atoms with Crippen molar-refractivity contribution < 1.29 is 4.74 Å². The van der Waals surface area contributed by atoms with Crippen molar-refractivity contribution in [2.24, 2.45) is 5.92 Å². The Morgan fingerprint density at radius 2 is 2.06 bits per heavy atom. The van der Waals surface area contributed by atoms with Crippen LogP contribution in [-0.2, 0) is 11.2 Å². The van der Waals surface area contributed by atoms with Crippen LogP contribution < -0.4 is 5.32 Å². The molecule has 1 fully saturated rings. The lowest BCUT2D eigenvalue weighted by molar-refractivity contribution is 0.0327. The second-order valence-electron chi connectivity index (χ2n) is 4.98. The standard InChI is InChI=1S/C15H23NO/c1-3-16-15-8-9-17-11-14(15)10-13-6-4-12(2)5-7-13/h4-7,14-16H,3,8-11H2,1-2H3/t14-,15-/m1/s1. The highest BCUT2D eigenvalue weighted by Crippen LogP contribution is 2.20. The first-order valence-electron chi connectivity index (χ1n) is 6.66. The SMILES string of the molecule is CCN[C@@H]1CCOC[C@H]1Cc1ccc(C)cc1. The van der Waals surface area contributed by atoms with E-state index in [1.165, 1.54) is 11.1 Å². The van der Waals surface area contributed by atoms with Crippen molar-refractivity contribution in [2.75, 3.05) is 19.8 Å². The van der Waals surface area contributed by atoms with Crippen LogP contribution in [-0.4, -0.2) is 25.8 Å². The molecular weight excluding hydrogens is 210 g/mol. The van der Waals surface area contributed by atoms with Gasteiger partial charge in [-0.1, -0.05) is 36.8 Å². The molecule has 2 nitrogen and oxygen atoms in total. The van der Waals surface area contributed by atoms with Gasteiger partial charge < -0.3 is 10.1 Å². The molecule has 94 valence electrons. The molecule has 2 heteroatoms. The van der Waals surface area contributed by atoms with Gasteiger partial charge in [0, 0.05) is 18.6 Å². The lowest BCUT2D eigenvalue weighted by atomic mass is 9.89. The Hall–Kier alpha value is -0.860. The summed E-state index contributed by atoms with van der Waals surface area (Å²) < 4.78 is 5.61. The fourth-order valence-corrected chi connectivity index (χ4v) is 2.56. The number of hydrogen-bond acceptors (Lipinski definition) is 2. The lowest BCUT2D eigenvalue weighted by Crippen LogP contribution is -2.43. The van der Waals surface area contributed by atoms with E-state index in [-0.39, 0.29) is 0 Å². The van der Waals surface area contributed by atoms with Crippen molar-refractivity contribution >= 4 is 0 Å². The predicted octanol–water partition coefficient (Wildman–Crippen LogP) is 2.55. The van der Waals surface area contributed by atoms with Crippen LogP contribution in [0.5, 0.6) is 0 Å². The molecule has 0 aromatic heterocycles. The van der Waals surface area contributed by atoms with E-state index in [4.69, 9.17) is 4.74 Å². The van der Waals surface area contributed by atoms with Gasteiger partial charge in [-0.2, -0.15) is 0 Å². The van der Waals surface area contributed by atoms with E-state index in [0.717, 1.165) is 32.6 Å². The minimum atomic E-state index is 0.617. The largest absolute Gasteiger partial charge is 0.381 e. The average Bonchev–Trinajstić information content (AvgIpc) is 2.35. The molecule has 1 heterocycles. The third kappa shape index (κ3) is 3.55. The van der Waals surface area contributed by atoms with Crippen LogP contribution in [0.25, 0.3) is 0 Å². The number of benzene rings is 1. The Morgan fingerprint density at radius 1 is 1.29 bits per heavy atom. The molecule has 0 radical (unpaired) electrons. The minimum absolute atomic E-state index is 0.617. The molecule has 0 spiro atoms. The zero-order valence-electron chi connectivity index (χ0n) is 10.9. The van der Waals surface area contributed by atoms with Crippen LogP contribution in [0.2, 0.25) is 0 Å². The van der Waals surface area contributed by atoms with Gasteiger partial charge in [-0.3, -0.25) is 0 Å². The maximum atomic E-state index is 5.61. The molecule has 0 aliphatic carbocycles. The molecule has 0 saturated carbocycles. The fourth-order valence-electron chi connectivity index (χ4n) is 2.56. The summed E-state index contributed by atoms with van der Waals surface area (Å²) in [4.78, 5) is 0. The zero-order valence-corrected chi connectivity index (χ0v) is 10.9. The average molecular weight is 233 g/mol. The number of ether oxygens (including phenoxy) is 1. The van der Waals surface area contributed by atoms with Crippen molar-refractivity contribution in [1.82, 2.24) is 5.32 Å². The van der Waals surface area contributed by atoms with Crippen LogP contribution in [0.3, 0.4) is 0 Å². The predicted molar refractivity (Wildman–Crippen MR) is 71.3 cm³/mol. The molecular formula is C15H23NO. The van der Waals surface area contributed by atoms with Gasteiger partial charge in [0.15, 0.2) is 0 Å². The van der Waals surface area contributed by atoms with E-state index in [1.54, 1.807) is 0 Å². The van der Waals surface area contributed by atoms with E-state index in [9.17, 15) is 0 Å². The molecule has 2 rings (SSSR count). The molecule has 1 saturated heterocycles. The van der Waals surface area contributed by atoms with Gasteiger partial charge in [0.25, 0.3) is 0 Å². The molecule has 1 aromatic carbocycles. The van der Waals surface area contributed by atoms with Gasteiger partial charge in [-0.15, -0.1) is 0 Å². The van der Waals surface area contributed by atoms with Crippen LogP contribution in [0.1, 0.15) is 24.5 Å². The summed E-state index contributed by atoms with van der Waals surface area (Å²) in [7, 11) is 0. The smallest absolute Gasteiger partial charge is 0.0512 e. The molecule has 1 aliphatic rings. The molecule has 2 atom stereocenters. The van der Waals surface area contributed by atoms with Crippen molar-refractivity contribution in [1.29, 1.82) is 0 Å². The van der Waals surface area contributed by atoms with Crippen molar-refractivity contribution in [3.8, 4) is 0 Å². The van der Waals surface area contributed by atoms with Gasteiger partial charge >= 0.3 is 0 Å². The Kier molecular flexibility index (Phi) is 4.57. The summed E-state index contributed by atoms with van der Waals surface area (Å²) in [6, 6.07) is 9.50. The second-order valence-corrected chi connectivity index (χ2v) is 4.98. The highest BCUT2D eigenvalue weighted by molar-refractivity contribution is 5.22. The van der Waals surface area contributed by atoms with Gasteiger partial charge in [-0.05, 0) is 31.9 Å². The van der Waals surface area contributed by atoms with E-state index in [0.29, 0.717) is 12.0 Å².